The molecule has 0 bridgehead atoms. The van der Waals surface area contributed by atoms with E-state index in [4.69, 9.17) is 4.74 Å². The molecule has 1 aliphatic heterocycles. The molecule has 21 heavy (non-hydrogen) atoms. The van der Waals surface area contributed by atoms with Gasteiger partial charge in [0, 0.05) is 19.6 Å². The first-order chi connectivity index (χ1) is 9.94. The molecule has 118 valence electrons. The van der Waals surface area contributed by atoms with E-state index in [1.807, 2.05) is 7.05 Å². The molecule has 0 saturated carbocycles. The predicted molar refractivity (Wildman–Crippen MR) is 79.5 cm³/mol. The lowest BCUT2D eigenvalue weighted by molar-refractivity contribution is -0.0156. The van der Waals surface area contributed by atoms with E-state index in [2.05, 4.69) is 9.62 Å². The molecule has 0 aliphatic carbocycles. The molecule has 0 spiro atoms. The van der Waals surface area contributed by atoms with Crippen molar-refractivity contribution in [2.24, 2.45) is 0 Å². The Labute approximate surface area is 125 Å². The van der Waals surface area contributed by atoms with Gasteiger partial charge in [-0.15, -0.1) is 0 Å². The smallest absolute Gasteiger partial charge is 0.240 e. The second-order valence-corrected chi connectivity index (χ2v) is 7.04. The number of aliphatic hydroxyl groups excluding tert-OH is 1. The molecule has 1 saturated heterocycles. The highest BCUT2D eigenvalue weighted by molar-refractivity contribution is 7.89. The Morgan fingerprint density at radius 2 is 2.24 bits per heavy atom. The van der Waals surface area contributed by atoms with Crippen LogP contribution < -0.4 is 4.72 Å². The lowest BCUT2D eigenvalue weighted by atomic mass is 10.1. The van der Waals surface area contributed by atoms with Gasteiger partial charge in [-0.2, -0.15) is 0 Å². The van der Waals surface area contributed by atoms with Crippen LogP contribution >= 0.6 is 0 Å². The van der Waals surface area contributed by atoms with Crippen molar-refractivity contribution in [2.75, 3.05) is 33.3 Å². The Kier molecular flexibility index (Phi) is 5.34. The van der Waals surface area contributed by atoms with Crippen LogP contribution in [0.2, 0.25) is 0 Å². The van der Waals surface area contributed by atoms with Gasteiger partial charge in [-0.1, -0.05) is 12.1 Å². The fourth-order valence-corrected chi connectivity index (χ4v) is 3.75. The predicted octanol–water partition coefficient (Wildman–Crippen LogP) is 0.0962. The highest BCUT2D eigenvalue weighted by Crippen LogP contribution is 2.19. The summed E-state index contributed by atoms with van der Waals surface area (Å²) >= 11 is 0. The van der Waals surface area contributed by atoms with Gasteiger partial charge in [0.1, 0.15) is 0 Å². The number of rotatable bonds is 5. The maximum absolute atomic E-state index is 12.4. The first-order valence-corrected chi connectivity index (χ1v) is 8.41. The van der Waals surface area contributed by atoms with Crippen LogP contribution in [0.3, 0.4) is 0 Å². The largest absolute Gasteiger partial charge is 0.392 e. The van der Waals surface area contributed by atoms with Gasteiger partial charge in [-0.05, 0) is 31.2 Å². The number of hydrogen-bond donors (Lipinski definition) is 2. The summed E-state index contributed by atoms with van der Waals surface area (Å²) in [6, 6.07) is 4.90. The number of sulfonamides is 1. The van der Waals surface area contributed by atoms with Gasteiger partial charge in [0.15, 0.2) is 0 Å². The van der Waals surface area contributed by atoms with Crippen LogP contribution in [0.15, 0.2) is 23.1 Å². The Bertz CT molecular complexity index is 589. The van der Waals surface area contributed by atoms with Crippen molar-refractivity contribution < 1.29 is 18.3 Å². The average molecular weight is 314 g/mol. The molecule has 1 fully saturated rings. The highest BCUT2D eigenvalue weighted by Gasteiger charge is 2.22. The molecule has 0 radical (unpaired) electrons. The summed E-state index contributed by atoms with van der Waals surface area (Å²) < 4.78 is 32.9. The average Bonchev–Trinajstić information content (AvgIpc) is 2.45. The summed E-state index contributed by atoms with van der Waals surface area (Å²) in [7, 11) is -1.62. The molecule has 1 aromatic carbocycles. The first kappa shape index (κ1) is 16.4. The van der Waals surface area contributed by atoms with E-state index in [9.17, 15) is 13.5 Å². The van der Waals surface area contributed by atoms with Gasteiger partial charge in [0.25, 0.3) is 0 Å². The maximum atomic E-state index is 12.4. The van der Waals surface area contributed by atoms with Crippen LogP contribution in [0.1, 0.15) is 11.1 Å². The normalized spacial score (nSPS) is 20.6. The zero-order valence-corrected chi connectivity index (χ0v) is 13.2. The van der Waals surface area contributed by atoms with E-state index in [0.29, 0.717) is 24.3 Å². The van der Waals surface area contributed by atoms with Crippen molar-refractivity contribution in [1.29, 1.82) is 0 Å². The molecule has 2 N–H and O–H groups in total. The maximum Gasteiger partial charge on any atom is 0.240 e. The van der Waals surface area contributed by atoms with Crippen LogP contribution in [0.25, 0.3) is 0 Å². The minimum absolute atomic E-state index is 0.139. The standard InChI is InChI=1S/C14H22N2O4S/c1-11-12(10-17)4-3-5-14(11)21(18,19)15-8-13-9-16(2)6-7-20-13/h3-5,13,15,17H,6-10H2,1-2H3. The summed E-state index contributed by atoms with van der Waals surface area (Å²) in [6.45, 7) is 3.95. The minimum Gasteiger partial charge on any atom is -0.392 e. The van der Waals surface area contributed by atoms with E-state index in [-0.39, 0.29) is 24.2 Å². The molecular formula is C14H22N2O4S. The summed E-state index contributed by atoms with van der Waals surface area (Å²) in [5.74, 6) is 0. The molecule has 6 nitrogen and oxygen atoms in total. The molecule has 0 amide bonds. The van der Waals surface area contributed by atoms with Gasteiger partial charge in [-0.25, -0.2) is 13.1 Å². The quantitative estimate of drug-likeness (QED) is 0.806. The van der Waals surface area contributed by atoms with E-state index in [1.54, 1.807) is 25.1 Å². The zero-order valence-electron chi connectivity index (χ0n) is 12.4. The minimum atomic E-state index is -3.60. The third-order valence-corrected chi connectivity index (χ3v) is 5.27. The molecule has 0 aromatic heterocycles. The molecule has 1 heterocycles. The molecule has 2 rings (SSSR count). The fourth-order valence-electron chi connectivity index (χ4n) is 2.39. The Morgan fingerprint density at radius 1 is 1.48 bits per heavy atom. The molecule has 1 aliphatic rings. The first-order valence-electron chi connectivity index (χ1n) is 6.93. The third kappa shape index (κ3) is 4.02. The number of benzene rings is 1. The lowest BCUT2D eigenvalue weighted by Gasteiger charge is -2.30. The topological polar surface area (TPSA) is 78.9 Å². The number of nitrogens with one attached hydrogen (secondary N) is 1. The zero-order chi connectivity index (χ0) is 15.5. The molecule has 1 atom stereocenters. The number of morpholine rings is 1. The fraction of sp³-hybridized carbons (Fsp3) is 0.571. The van der Waals surface area contributed by atoms with Crippen LogP contribution in [0.4, 0.5) is 0 Å². The van der Waals surface area contributed by atoms with Crippen molar-refractivity contribution >= 4 is 10.0 Å². The van der Waals surface area contributed by atoms with Crippen molar-refractivity contribution in [1.82, 2.24) is 9.62 Å². The Balaban J connectivity index is 2.08. The van der Waals surface area contributed by atoms with Crippen molar-refractivity contribution in [2.45, 2.75) is 24.5 Å². The number of nitrogens with zero attached hydrogens (tertiary/aromatic N) is 1. The SMILES string of the molecule is Cc1c(CO)cccc1S(=O)(=O)NCC1CN(C)CCO1. The van der Waals surface area contributed by atoms with Gasteiger partial charge in [0.05, 0.1) is 24.2 Å². The Hall–Kier alpha value is -0.990. The van der Waals surface area contributed by atoms with Gasteiger partial charge >= 0.3 is 0 Å². The van der Waals surface area contributed by atoms with Crippen LogP contribution in [-0.4, -0.2) is 57.8 Å². The van der Waals surface area contributed by atoms with Gasteiger partial charge < -0.3 is 14.7 Å². The summed E-state index contributed by atoms with van der Waals surface area (Å²) in [5, 5.41) is 9.23. The second kappa shape index (κ2) is 6.85. The van der Waals surface area contributed by atoms with Gasteiger partial charge in [0.2, 0.25) is 10.0 Å². The van der Waals surface area contributed by atoms with E-state index >= 15 is 0 Å². The van der Waals surface area contributed by atoms with Crippen molar-refractivity contribution in [3.8, 4) is 0 Å². The van der Waals surface area contributed by atoms with Crippen LogP contribution in [0.5, 0.6) is 0 Å². The number of hydrogen-bond acceptors (Lipinski definition) is 5. The molecule has 7 heteroatoms. The van der Waals surface area contributed by atoms with Gasteiger partial charge in [-0.3, -0.25) is 0 Å². The summed E-state index contributed by atoms with van der Waals surface area (Å²) in [5.41, 5.74) is 1.20. The molecular weight excluding hydrogens is 292 g/mol. The molecule has 1 aromatic rings. The monoisotopic (exact) mass is 314 g/mol. The van der Waals surface area contributed by atoms with Crippen LogP contribution in [0, 0.1) is 6.92 Å². The molecule has 1 unspecified atom stereocenters. The third-order valence-electron chi connectivity index (χ3n) is 3.70. The summed E-state index contributed by atoms with van der Waals surface area (Å²) in [4.78, 5) is 2.32. The number of aliphatic hydroxyl groups is 1. The van der Waals surface area contributed by atoms with E-state index in [1.165, 1.54) is 0 Å². The lowest BCUT2D eigenvalue weighted by Crippen LogP contribution is -2.45. The van der Waals surface area contributed by atoms with E-state index in [0.717, 1.165) is 6.54 Å². The van der Waals surface area contributed by atoms with Crippen molar-refractivity contribution in [3.63, 3.8) is 0 Å². The summed E-state index contributed by atoms with van der Waals surface area (Å²) in [6.07, 6.45) is -0.139. The van der Waals surface area contributed by atoms with Crippen LogP contribution in [-0.2, 0) is 21.4 Å². The Morgan fingerprint density at radius 3 is 2.90 bits per heavy atom. The number of ether oxygens (including phenoxy) is 1. The highest BCUT2D eigenvalue weighted by atomic mass is 32.2. The van der Waals surface area contributed by atoms with Crippen molar-refractivity contribution in [3.05, 3.63) is 29.3 Å². The van der Waals surface area contributed by atoms with E-state index < -0.39 is 10.0 Å². The number of likely N-dealkylation sites (N-methyl/N-ethyl adjacent to an activating group) is 1. The second-order valence-electron chi connectivity index (χ2n) is 5.31.